The average Bonchev–Trinajstić information content (AvgIpc) is 1.94. The summed E-state index contributed by atoms with van der Waals surface area (Å²) in [4.78, 5) is 11.3. The first kappa shape index (κ1) is 11.5. The van der Waals surface area contributed by atoms with Crippen LogP contribution in [-0.2, 0) is 19.5 Å². The summed E-state index contributed by atoms with van der Waals surface area (Å²) in [6, 6.07) is 4.73. The monoisotopic (exact) mass is 232 g/mol. The molecule has 0 spiro atoms. The minimum Gasteiger partial charge on any atom is -0.398 e. The predicted octanol–water partition coefficient (Wildman–Crippen LogP) is 0.654. The molecule has 0 aliphatic rings. The van der Waals surface area contributed by atoms with Gasteiger partial charge in [0.1, 0.15) is 0 Å². The normalized spacial score (nSPS) is 8.75. The molecule has 0 fully saturated rings. The van der Waals surface area contributed by atoms with Gasteiger partial charge in [0, 0.05) is 16.1 Å². The molecule has 4 N–H and O–H groups in total. The SMILES string of the molecule is NC(=O)c1ccc(S)c(N)c1.[Zn+2]. The molecule has 1 rings (SSSR count). The summed E-state index contributed by atoms with van der Waals surface area (Å²) in [6.07, 6.45) is 0. The van der Waals surface area contributed by atoms with Crippen molar-refractivity contribution in [2.24, 2.45) is 5.73 Å². The second-order valence-corrected chi connectivity index (χ2v) is 2.62. The van der Waals surface area contributed by atoms with Gasteiger partial charge in [0.2, 0.25) is 5.91 Å². The molecule has 0 bridgehead atoms. The van der Waals surface area contributed by atoms with Gasteiger partial charge in [-0.15, -0.1) is 12.6 Å². The largest absolute Gasteiger partial charge is 2.00 e. The third-order valence-electron chi connectivity index (χ3n) is 1.31. The Kier molecular flexibility index (Phi) is 4.28. The van der Waals surface area contributed by atoms with Gasteiger partial charge in [-0.3, -0.25) is 4.79 Å². The van der Waals surface area contributed by atoms with E-state index in [-0.39, 0.29) is 19.5 Å². The van der Waals surface area contributed by atoms with Crippen molar-refractivity contribution in [3.63, 3.8) is 0 Å². The Bertz CT molecular complexity index is 303. The van der Waals surface area contributed by atoms with Crippen LogP contribution in [0.15, 0.2) is 23.1 Å². The Labute approximate surface area is 88.7 Å². The van der Waals surface area contributed by atoms with Crippen LogP contribution in [0.1, 0.15) is 10.4 Å². The molecule has 58 valence electrons. The number of nitrogens with two attached hydrogens (primary N) is 2. The minimum atomic E-state index is -0.481. The first-order valence-electron chi connectivity index (χ1n) is 2.99. The number of carbonyl (C=O) groups is 1. The summed E-state index contributed by atoms with van der Waals surface area (Å²) in [5.74, 6) is -0.481. The third-order valence-corrected chi connectivity index (χ3v) is 1.72. The number of hydrogen-bond donors (Lipinski definition) is 3. The van der Waals surface area contributed by atoms with Gasteiger partial charge in [0.05, 0.1) is 0 Å². The van der Waals surface area contributed by atoms with Crippen molar-refractivity contribution in [1.82, 2.24) is 0 Å². The molecule has 0 aliphatic heterocycles. The van der Waals surface area contributed by atoms with Crippen LogP contribution in [0.4, 0.5) is 5.69 Å². The van der Waals surface area contributed by atoms with Crippen molar-refractivity contribution in [1.29, 1.82) is 0 Å². The van der Waals surface area contributed by atoms with Crippen molar-refractivity contribution < 1.29 is 24.3 Å². The number of amides is 1. The number of rotatable bonds is 1. The molecule has 0 unspecified atom stereocenters. The van der Waals surface area contributed by atoms with Crippen LogP contribution in [-0.4, -0.2) is 5.91 Å². The first-order valence-corrected chi connectivity index (χ1v) is 3.44. The maximum absolute atomic E-state index is 10.6. The molecule has 3 nitrogen and oxygen atoms in total. The van der Waals surface area contributed by atoms with Crippen molar-refractivity contribution in [3.05, 3.63) is 23.8 Å². The zero-order chi connectivity index (χ0) is 8.43. The van der Waals surface area contributed by atoms with E-state index in [9.17, 15) is 4.79 Å². The van der Waals surface area contributed by atoms with E-state index >= 15 is 0 Å². The first-order chi connectivity index (χ1) is 5.11. The second kappa shape index (κ2) is 4.48. The third kappa shape index (κ3) is 2.50. The molecule has 1 aromatic carbocycles. The molecule has 1 amide bonds. The molecule has 0 atom stereocenters. The number of primary amides is 1. The van der Waals surface area contributed by atoms with Gasteiger partial charge in [-0.2, -0.15) is 0 Å². The molecule has 1 aromatic rings. The minimum absolute atomic E-state index is 0. The number of anilines is 1. The van der Waals surface area contributed by atoms with Gasteiger partial charge < -0.3 is 11.5 Å². The molecule has 0 aliphatic carbocycles. The summed E-state index contributed by atoms with van der Waals surface area (Å²) in [6.45, 7) is 0. The maximum Gasteiger partial charge on any atom is 2.00 e. The van der Waals surface area contributed by atoms with Crippen molar-refractivity contribution in [2.45, 2.75) is 4.90 Å². The second-order valence-electron chi connectivity index (χ2n) is 2.14. The Balaban J connectivity index is 0.00000121. The zero-order valence-electron chi connectivity index (χ0n) is 6.45. The summed E-state index contributed by atoms with van der Waals surface area (Å²) in [7, 11) is 0. The van der Waals surface area contributed by atoms with Crippen LogP contribution in [0.5, 0.6) is 0 Å². The quantitative estimate of drug-likeness (QED) is 0.379. The van der Waals surface area contributed by atoms with E-state index in [1.165, 1.54) is 6.07 Å². The van der Waals surface area contributed by atoms with E-state index in [0.29, 0.717) is 16.1 Å². The average molecular weight is 234 g/mol. The number of carbonyl (C=O) groups excluding carboxylic acids is 1. The Hall–Kier alpha value is -0.537. The fraction of sp³-hybridized carbons (Fsp3) is 0. The molecular weight excluding hydrogens is 226 g/mol. The number of hydrogen-bond acceptors (Lipinski definition) is 3. The molecule has 0 aromatic heterocycles. The van der Waals surface area contributed by atoms with Gasteiger partial charge >= 0.3 is 19.5 Å². The van der Waals surface area contributed by atoms with Crippen LogP contribution in [0.2, 0.25) is 0 Å². The van der Waals surface area contributed by atoms with E-state index in [2.05, 4.69) is 12.6 Å². The van der Waals surface area contributed by atoms with E-state index in [4.69, 9.17) is 11.5 Å². The molecule has 0 radical (unpaired) electrons. The summed E-state index contributed by atoms with van der Waals surface area (Å²) >= 11 is 4.04. The van der Waals surface area contributed by atoms with E-state index in [1.54, 1.807) is 12.1 Å². The van der Waals surface area contributed by atoms with Crippen LogP contribution >= 0.6 is 12.6 Å². The van der Waals surface area contributed by atoms with Crippen molar-refractivity contribution in [2.75, 3.05) is 5.73 Å². The standard InChI is InChI=1S/C7H8N2OS.Zn/c8-5-3-4(7(9)10)1-2-6(5)11;/h1-3,11H,8H2,(H2,9,10);/q;+2. The molecule has 0 heterocycles. The van der Waals surface area contributed by atoms with Gasteiger partial charge in [0.25, 0.3) is 0 Å². The molecule has 0 saturated heterocycles. The summed E-state index contributed by atoms with van der Waals surface area (Å²) in [5, 5.41) is 0. The van der Waals surface area contributed by atoms with Crippen LogP contribution < -0.4 is 11.5 Å². The molecule has 5 heteroatoms. The van der Waals surface area contributed by atoms with Gasteiger partial charge in [-0.05, 0) is 18.2 Å². The van der Waals surface area contributed by atoms with Gasteiger partial charge in [-0.1, -0.05) is 0 Å². The van der Waals surface area contributed by atoms with E-state index in [0.717, 1.165) is 0 Å². The molecular formula is C7H8N2OSZn+2. The van der Waals surface area contributed by atoms with Crippen LogP contribution in [0.25, 0.3) is 0 Å². The van der Waals surface area contributed by atoms with Gasteiger partial charge in [0.15, 0.2) is 0 Å². The van der Waals surface area contributed by atoms with Crippen molar-refractivity contribution in [3.8, 4) is 0 Å². The fourth-order valence-corrected chi connectivity index (χ4v) is 0.847. The fourth-order valence-electron chi connectivity index (χ4n) is 0.708. The zero-order valence-corrected chi connectivity index (χ0v) is 10.3. The van der Waals surface area contributed by atoms with E-state index < -0.39 is 5.91 Å². The molecule has 0 saturated carbocycles. The number of benzene rings is 1. The smallest absolute Gasteiger partial charge is 0.398 e. The summed E-state index contributed by atoms with van der Waals surface area (Å²) in [5.41, 5.74) is 11.4. The van der Waals surface area contributed by atoms with E-state index in [1.807, 2.05) is 0 Å². The predicted molar refractivity (Wildman–Crippen MR) is 46.6 cm³/mol. The molecule has 12 heavy (non-hydrogen) atoms. The Morgan fingerprint density at radius 1 is 1.42 bits per heavy atom. The number of nitrogen functional groups attached to an aromatic ring is 1. The topological polar surface area (TPSA) is 69.1 Å². The van der Waals surface area contributed by atoms with Crippen LogP contribution in [0, 0.1) is 0 Å². The number of thiol groups is 1. The Morgan fingerprint density at radius 3 is 2.42 bits per heavy atom. The van der Waals surface area contributed by atoms with Crippen LogP contribution in [0.3, 0.4) is 0 Å². The summed E-state index contributed by atoms with van der Waals surface area (Å²) < 4.78 is 0. The van der Waals surface area contributed by atoms with Gasteiger partial charge in [-0.25, -0.2) is 0 Å². The van der Waals surface area contributed by atoms with Crippen molar-refractivity contribution >= 4 is 24.2 Å². The maximum atomic E-state index is 10.6. The Morgan fingerprint density at radius 2 is 2.00 bits per heavy atom.